The normalized spacial score (nSPS) is 23.4. The van der Waals surface area contributed by atoms with Gasteiger partial charge in [0.1, 0.15) is 35.9 Å². The molecule has 3 aromatic rings. The summed E-state index contributed by atoms with van der Waals surface area (Å²) in [5.41, 5.74) is 12.6. The van der Waals surface area contributed by atoms with E-state index in [2.05, 4.69) is 15.0 Å². The van der Waals surface area contributed by atoms with Crippen molar-refractivity contribution in [2.24, 2.45) is 5.73 Å². The molecule has 0 spiro atoms. The smallest absolute Gasteiger partial charge is 0.362 e. The molecule has 15 nitrogen and oxygen atoms in total. The number of carbonyl (C=O) groups is 1. The summed E-state index contributed by atoms with van der Waals surface area (Å²) in [6, 6.07) is 4.67. The van der Waals surface area contributed by atoms with Gasteiger partial charge in [-0.25, -0.2) is 19.7 Å². The molecule has 1 aliphatic heterocycles. The van der Waals surface area contributed by atoms with Crippen molar-refractivity contribution >= 4 is 33.2 Å². The van der Waals surface area contributed by atoms with Crippen molar-refractivity contribution in [2.75, 3.05) is 12.3 Å². The van der Waals surface area contributed by atoms with Crippen molar-refractivity contribution in [3.05, 3.63) is 42.5 Å². The van der Waals surface area contributed by atoms with Crippen LogP contribution >= 0.6 is 0 Å². The summed E-state index contributed by atoms with van der Waals surface area (Å²) in [6.07, 6.45) is -2.97. The number of anilines is 1. The van der Waals surface area contributed by atoms with E-state index in [-0.39, 0.29) is 29.2 Å². The van der Waals surface area contributed by atoms with E-state index in [1.165, 1.54) is 41.5 Å². The third kappa shape index (κ3) is 5.31. The molecular formula is C19H23N7O8S. The van der Waals surface area contributed by atoms with Gasteiger partial charge < -0.3 is 31.5 Å². The number of aromatic nitrogens is 4. The van der Waals surface area contributed by atoms with Crippen molar-refractivity contribution in [3.63, 3.8) is 0 Å². The van der Waals surface area contributed by atoms with Crippen molar-refractivity contribution in [1.29, 1.82) is 0 Å². The van der Waals surface area contributed by atoms with E-state index in [9.17, 15) is 28.5 Å². The summed E-state index contributed by atoms with van der Waals surface area (Å²) in [7, 11) is -4.61. The second kappa shape index (κ2) is 9.68. The molecule has 1 saturated heterocycles. The van der Waals surface area contributed by atoms with Gasteiger partial charge >= 0.3 is 10.3 Å². The number of nitrogens with zero attached hydrogens (tertiary/aromatic N) is 4. The van der Waals surface area contributed by atoms with Gasteiger partial charge in [0.05, 0.1) is 19.0 Å². The quantitative estimate of drug-likeness (QED) is 0.187. The second-order valence-electron chi connectivity index (χ2n) is 7.81. The van der Waals surface area contributed by atoms with E-state index in [4.69, 9.17) is 20.4 Å². The van der Waals surface area contributed by atoms with Gasteiger partial charge in [-0.05, 0) is 24.1 Å². The molecule has 2 aromatic heterocycles. The number of aliphatic hydroxyl groups is 2. The molecule has 4 rings (SSSR count). The highest BCUT2D eigenvalue weighted by molar-refractivity contribution is 7.85. The van der Waals surface area contributed by atoms with Crippen LogP contribution in [-0.2, 0) is 30.4 Å². The summed E-state index contributed by atoms with van der Waals surface area (Å²) in [5.74, 6) is -0.886. The maximum absolute atomic E-state index is 12.2. The Labute approximate surface area is 198 Å². The number of amides is 1. The molecular weight excluding hydrogens is 486 g/mol. The van der Waals surface area contributed by atoms with Gasteiger partial charge in [0.25, 0.3) is 5.91 Å². The Bertz CT molecular complexity index is 1320. The highest BCUT2D eigenvalue weighted by atomic mass is 32.2. The standard InChI is InChI=1S/C19H23N7O8S/c20-11(5-9-1-3-10(27)4-2-9)18(30)25-35(31,32)33-6-12-14(28)15(29)19(34-12)26-8-24-13-16(21)22-7-23-17(13)26/h1-4,7-8,11-12,14-15,19,27-29H,5-6,20H2,(H,25,30)(H2,21,22,23)/t11-,12+,14-,15-,19-/m0/s1. The summed E-state index contributed by atoms with van der Waals surface area (Å²) in [4.78, 5) is 24.1. The lowest BCUT2D eigenvalue weighted by atomic mass is 10.1. The summed E-state index contributed by atoms with van der Waals surface area (Å²) >= 11 is 0. The minimum absolute atomic E-state index is 0.00683. The molecule has 35 heavy (non-hydrogen) atoms. The lowest BCUT2D eigenvalue weighted by Gasteiger charge is -2.16. The molecule has 1 fully saturated rings. The van der Waals surface area contributed by atoms with Crippen LogP contribution in [0.25, 0.3) is 11.2 Å². The van der Waals surface area contributed by atoms with Crippen LogP contribution in [0.1, 0.15) is 11.8 Å². The molecule has 0 bridgehead atoms. The second-order valence-corrected chi connectivity index (χ2v) is 9.16. The molecule has 1 amide bonds. The number of imidazole rings is 1. The van der Waals surface area contributed by atoms with E-state index in [0.717, 1.165) is 0 Å². The van der Waals surface area contributed by atoms with Crippen molar-refractivity contribution in [2.45, 2.75) is 37.0 Å². The predicted octanol–water partition coefficient (Wildman–Crippen LogP) is -2.32. The number of aromatic hydroxyl groups is 1. The Kier molecular flexibility index (Phi) is 6.84. The lowest BCUT2D eigenvalue weighted by molar-refractivity contribution is -0.120. The zero-order chi connectivity index (χ0) is 25.3. The van der Waals surface area contributed by atoms with Gasteiger partial charge in [0.15, 0.2) is 17.7 Å². The summed E-state index contributed by atoms with van der Waals surface area (Å²) < 4.78 is 37.8. The minimum Gasteiger partial charge on any atom is -0.508 e. The average molecular weight is 510 g/mol. The molecule has 0 aliphatic carbocycles. The molecule has 188 valence electrons. The SMILES string of the molecule is Nc1ncnc2c1ncn2[C@H]1O[C@H](COS(=O)(=O)NC(=O)[C@@H](N)Cc2ccc(O)cc2)[C@H](O)[C@@H]1O. The number of rotatable bonds is 8. The predicted molar refractivity (Wildman–Crippen MR) is 118 cm³/mol. The number of phenols is 1. The number of aliphatic hydroxyl groups excluding tert-OH is 2. The van der Waals surface area contributed by atoms with E-state index in [0.29, 0.717) is 5.56 Å². The minimum atomic E-state index is -4.61. The number of carbonyl (C=O) groups excluding carboxylic acids is 1. The Morgan fingerprint density at radius 1 is 1.20 bits per heavy atom. The van der Waals surface area contributed by atoms with Crippen LogP contribution in [0.15, 0.2) is 36.9 Å². The number of ether oxygens (including phenoxy) is 1. The highest BCUT2D eigenvalue weighted by Gasteiger charge is 2.45. The molecule has 0 unspecified atom stereocenters. The molecule has 5 atom stereocenters. The van der Waals surface area contributed by atoms with Crippen LogP contribution < -0.4 is 16.2 Å². The number of hydrogen-bond acceptors (Lipinski definition) is 13. The number of benzene rings is 1. The first kappa shape index (κ1) is 24.7. The molecule has 3 heterocycles. The molecule has 0 radical (unpaired) electrons. The van der Waals surface area contributed by atoms with Gasteiger partial charge in [-0.3, -0.25) is 13.5 Å². The third-order valence-electron chi connectivity index (χ3n) is 5.34. The van der Waals surface area contributed by atoms with E-state index < -0.39 is 53.4 Å². The molecule has 1 aliphatic rings. The third-order valence-corrected chi connectivity index (χ3v) is 6.24. The van der Waals surface area contributed by atoms with Crippen LogP contribution in [0.2, 0.25) is 0 Å². The van der Waals surface area contributed by atoms with Gasteiger partial charge in [-0.1, -0.05) is 12.1 Å². The van der Waals surface area contributed by atoms with Gasteiger partial charge in [-0.15, -0.1) is 0 Å². The fourth-order valence-electron chi connectivity index (χ4n) is 3.52. The van der Waals surface area contributed by atoms with E-state index in [1.807, 2.05) is 0 Å². The molecule has 8 N–H and O–H groups in total. The number of nitrogen functional groups attached to an aromatic ring is 1. The van der Waals surface area contributed by atoms with Crippen LogP contribution in [0.4, 0.5) is 5.82 Å². The molecule has 1 aromatic carbocycles. The van der Waals surface area contributed by atoms with Crippen LogP contribution in [0.5, 0.6) is 5.75 Å². The Morgan fingerprint density at radius 2 is 1.91 bits per heavy atom. The molecule has 0 saturated carbocycles. The fraction of sp³-hybridized carbons (Fsp3) is 0.368. The number of nitrogens with two attached hydrogens (primary N) is 2. The van der Waals surface area contributed by atoms with Gasteiger partial charge in [0.2, 0.25) is 0 Å². The van der Waals surface area contributed by atoms with Gasteiger partial charge in [-0.2, -0.15) is 8.42 Å². The van der Waals surface area contributed by atoms with Gasteiger partial charge in [0, 0.05) is 0 Å². The fourth-order valence-corrected chi connectivity index (χ4v) is 4.29. The first-order valence-corrected chi connectivity index (χ1v) is 11.7. The first-order chi connectivity index (χ1) is 16.6. The highest BCUT2D eigenvalue weighted by Crippen LogP contribution is 2.32. The zero-order valence-electron chi connectivity index (χ0n) is 18.0. The average Bonchev–Trinajstić information content (AvgIpc) is 3.36. The Morgan fingerprint density at radius 3 is 2.63 bits per heavy atom. The van der Waals surface area contributed by atoms with E-state index >= 15 is 0 Å². The maximum atomic E-state index is 12.2. The van der Waals surface area contributed by atoms with E-state index in [1.54, 1.807) is 4.72 Å². The molecule has 16 heteroatoms. The maximum Gasteiger partial charge on any atom is 0.362 e. The topological polar surface area (TPSA) is 238 Å². The summed E-state index contributed by atoms with van der Waals surface area (Å²) in [5, 5.41) is 30.1. The van der Waals surface area contributed by atoms with Crippen LogP contribution in [0, 0.1) is 0 Å². The zero-order valence-corrected chi connectivity index (χ0v) is 18.8. The largest absolute Gasteiger partial charge is 0.508 e. The number of hydrogen-bond donors (Lipinski definition) is 6. The Hall–Kier alpha value is -3.41. The van der Waals surface area contributed by atoms with Crippen molar-refractivity contribution in [3.8, 4) is 5.75 Å². The van der Waals surface area contributed by atoms with Crippen LogP contribution in [0.3, 0.4) is 0 Å². The summed E-state index contributed by atoms with van der Waals surface area (Å²) in [6.45, 7) is -0.714. The Balaban J connectivity index is 1.36. The number of phenolic OH excluding ortho intramolecular Hbond substituents is 1. The van der Waals surface area contributed by atoms with Crippen LogP contribution in [-0.4, -0.2) is 80.1 Å². The van der Waals surface area contributed by atoms with Crippen molar-refractivity contribution in [1.82, 2.24) is 24.2 Å². The number of nitrogens with one attached hydrogen (secondary N) is 1. The first-order valence-electron chi connectivity index (χ1n) is 10.2. The lowest BCUT2D eigenvalue weighted by Crippen LogP contribution is -2.45. The number of fused-ring (bicyclic) bond motifs is 1. The van der Waals surface area contributed by atoms with Crippen molar-refractivity contribution < 1.29 is 37.5 Å². The monoisotopic (exact) mass is 509 g/mol.